The molecule has 2 rings (SSSR count). The van der Waals surface area contributed by atoms with Gasteiger partial charge in [-0.3, -0.25) is 9.59 Å². The van der Waals surface area contributed by atoms with E-state index in [2.05, 4.69) is 5.32 Å². The second-order valence-electron chi connectivity index (χ2n) is 9.37. The van der Waals surface area contributed by atoms with E-state index in [-0.39, 0.29) is 40.5 Å². The Morgan fingerprint density at radius 2 is 1.67 bits per heavy atom. The van der Waals surface area contributed by atoms with E-state index in [0.717, 1.165) is 6.42 Å². The Kier molecular flexibility index (Phi) is 8.66. The van der Waals surface area contributed by atoms with Crippen molar-refractivity contribution in [3.8, 4) is 5.75 Å². The third kappa shape index (κ3) is 7.89. The highest BCUT2D eigenvalue weighted by molar-refractivity contribution is 7.87. The van der Waals surface area contributed by atoms with Gasteiger partial charge in [0.2, 0.25) is 11.8 Å². The first-order valence-electron chi connectivity index (χ1n) is 11.0. The van der Waals surface area contributed by atoms with Gasteiger partial charge in [-0.05, 0) is 49.1 Å². The summed E-state index contributed by atoms with van der Waals surface area (Å²) in [4.78, 5) is 25.9. The summed E-state index contributed by atoms with van der Waals surface area (Å²) in [5.74, 6) is -0.0500. The summed E-state index contributed by atoms with van der Waals surface area (Å²) >= 11 is 0. The molecule has 0 saturated carbocycles. The van der Waals surface area contributed by atoms with Crippen LogP contribution in [0.2, 0.25) is 0 Å². The number of rotatable bonds is 9. The molecule has 2 aromatic carbocycles. The zero-order valence-corrected chi connectivity index (χ0v) is 21.0. The third-order valence-electron chi connectivity index (χ3n) is 5.10. The van der Waals surface area contributed by atoms with Crippen LogP contribution in [0.3, 0.4) is 0 Å². The van der Waals surface area contributed by atoms with Gasteiger partial charge in [0.05, 0.1) is 0 Å². The number of carbonyl (C=O) groups is 2. The number of para-hydroxylation sites is 1. The van der Waals surface area contributed by atoms with E-state index in [1.54, 1.807) is 29.2 Å². The molecule has 8 heteroatoms. The van der Waals surface area contributed by atoms with E-state index in [0.29, 0.717) is 17.7 Å². The fourth-order valence-corrected chi connectivity index (χ4v) is 4.20. The van der Waals surface area contributed by atoms with Crippen molar-refractivity contribution in [2.45, 2.75) is 71.9 Å². The number of hydrogen-bond donors (Lipinski definition) is 1. The lowest BCUT2D eigenvalue weighted by atomic mass is 9.91. The van der Waals surface area contributed by atoms with Crippen LogP contribution in [0.15, 0.2) is 53.4 Å². The van der Waals surface area contributed by atoms with Gasteiger partial charge >= 0.3 is 10.1 Å². The summed E-state index contributed by atoms with van der Waals surface area (Å²) in [6.45, 7) is 11.7. The lowest BCUT2D eigenvalue weighted by Gasteiger charge is -2.32. The highest BCUT2D eigenvalue weighted by atomic mass is 32.2. The van der Waals surface area contributed by atoms with Crippen LogP contribution in [0, 0.1) is 5.41 Å². The minimum absolute atomic E-state index is 0.00849. The predicted octanol–water partition coefficient (Wildman–Crippen LogP) is 4.98. The van der Waals surface area contributed by atoms with Gasteiger partial charge < -0.3 is 14.4 Å². The molecule has 33 heavy (non-hydrogen) atoms. The van der Waals surface area contributed by atoms with Crippen molar-refractivity contribution in [3.63, 3.8) is 0 Å². The number of anilines is 1. The first kappa shape index (κ1) is 26.4. The number of hydrogen-bond acceptors (Lipinski definition) is 5. The van der Waals surface area contributed by atoms with Gasteiger partial charge in [0.15, 0.2) is 0 Å². The SMILES string of the molecule is CC[C@H](C)N(Cc1ccccc1OS(=O)(=O)c1ccc(NC(C)=O)cc1)C(=O)CC(C)(C)C. The van der Waals surface area contributed by atoms with Crippen LogP contribution in [0.1, 0.15) is 59.9 Å². The minimum atomic E-state index is -4.11. The molecule has 0 aliphatic carbocycles. The largest absolute Gasteiger partial charge is 0.379 e. The van der Waals surface area contributed by atoms with Crippen molar-refractivity contribution in [3.05, 3.63) is 54.1 Å². The molecule has 0 fully saturated rings. The molecule has 0 saturated heterocycles. The number of carbonyl (C=O) groups excluding carboxylic acids is 2. The maximum Gasteiger partial charge on any atom is 0.339 e. The van der Waals surface area contributed by atoms with Crippen LogP contribution in [0.25, 0.3) is 0 Å². The van der Waals surface area contributed by atoms with E-state index in [4.69, 9.17) is 4.18 Å². The first-order valence-corrected chi connectivity index (χ1v) is 12.4. The van der Waals surface area contributed by atoms with Gasteiger partial charge in [-0.2, -0.15) is 8.42 Å². The summed E-state index contributed by atoms with van der Waals surface area (Å²) in [5, 5.41) is 2.59. The first-order chi connectivity index (χ1) is 15.3. The molecule has 0 heterocycles. The summed E-state index contributed by atoms with van der Waals surface area (Å²) in [6.07, 6.45) is 1.16. The van der Waals surface area contributed by atoms with Crippen molar-refractivity contribution in [2.24, 2.45) is 5.41 Å². The molecular weight excluding hydrogens is 440 g/mol. The topological polar surface area (TPSA) is 92.8 Å². The number of nitrogens with zero attached hydrogens (tertiary/aromatic N) is 1. The molecule has 1 atom stereocenters. The number of benzene rings is 2. The maximum atomic E-state index is 13.0. The van der Waals surface area contributed by atoms with Gasteiger partial charge in [-0.15, -0.1) is 0 Å². The highest BCUT2D eigenvalue weighted by Gasteiger charge is 2.26. The Balaban J connectivity index is 2.29. The van der Waals surface area contributed by atoms with E-state index < -0.39 is 10.1 Å². The van der Waals surface area contributed by atoms with Crippen molar-refractivity contribution in [1.29, 1.82) is 0 Å². The zero-order valence-electron chi connectivity index (χ0n) is 20.2. The molecule has 0 spiro atoms. The standard InChI is InChI=1S/C25H34N2O5S/c1-7-18(2)27(24(29)16-25(4,5)6)17-20-10-8-9-11-23(20)32-33(30,31)22-14-12-21(13-15-22)26-19(3)28/h8-15,18H,7,16-17H2,1-6H3,(H,26,28)/t18-/m0/s1. The van der Waals surface area contributed by atoms with Crippen LogP contribution in [-0.2, 0) is 26.3 Å². The predicted molar refractivity (Wildman–Crippen MR) is 129 cm³/mol. The van der Waals surface area contributed by atoms with Crippen LogP contribution in [0.4, 0.5) is 5.69 Å². The van der Waals surface area contributed by atoms with Crippen LogP contribution in [0.5, 0.6) is 5.75 Å². The Morgan fingerprint density at radius 3 is 2.21 bits per heavy atom. The molecule has 1 N–H and O–H groups in total. The minimum Gasteiger partial charge on any atom is -0.379 e. The molecule has 0 unspecified atom stereocenters. The monoisotopic (exact) mass is 474 g/mol. The summed E-state index contributed by atoms with van der Waals surface area (Å²) in [6, 6.07) is 12.6. The molecule has 0 aliphatic heterocycles. The van der Waals surface area contributed by atoms with E-state index in [9.17, 15) is 18.0 Å². The third-order valence-corrected chi connectivity index (χ3v) is 6.35. The fourth-order valence-electron chi connectivity index (χ4n) is 3.24. The lowest BCUT2D eigenvalue weighted by molar-refractivity contribution is -0.136. The average molecular weight is 475 g/mol. The zero-order chi connectivity index (χ0) is 24.8. The van der Waals surface area contributed by atoms with Gasteiger partial charge in [0.1, 0.15) is 10.6 Å². The Morgan fingerprint density at radius 1 is 1.06 bits per heavy atom. The average Bonchev–Trinajstić information content (AvgIpc) is 2.71. The van der Waals surface area contributed by atoms with Crippen LogP contribution in [-0.4, -0.2) is 31.2 Å². The summed E-state index contributed by atoms with van der Waals surface area (Å²) in [5.41, 5.74) is 0.938. The van der Waals surface area contributed by atoms with Crippen molar-refractivity contribution >= 4 is 27.6 Å². The second kappa shape index (κ2) is 10.8. The Labute approximate surface area is 197 Å². The normalized spacial score (nSPS) is 12.7. The molecule has 2 aromatic rings. The number of amides is 2. The smallest absolute Gasteiger partial charge is 0.339 e. The van der Waals surface area contributed by atoms with Gasteiger partial charge in [-0.1, -0.05) is 45.9 Å². The molecule has 0 bridgehead atoms. The lowest BCUT2D eigenvalue weighted by Crippen LogP contribution is -2.39. The van der Waals surface area contributed by atoms with Crippen LogP contribution >= 0.6 is 0 Å². The molecule has 180 valence electrons. The second-order valence-corrected chi connectivity index (χ2v) is 10.9. The van der Waals surface area contributed by atoms with Gasteiger partial charge in [-0.25, -0.2) is 0 Å². The van der Waals surface area contributed by atoms with E-state index >= 15 is 0 Å². The van der Waals surface area contributed by atoms with Crippen molar-refractivity contribution < 1.29 is 22.2 Å². The van der Waals surface area contributed by atoms with E-state index in [1.165, 1.54) is 31.2 Å². The van der Waals surface area contributed by atoms with Crippen LogP contribution < -0.4 is 9.50 Å². The molecule has 0 aromatic heterocycles. The Hall–Kier alpha value is -2.87. The highest BCUT2D eigenvalue weighted by Crippen LogP contribution is 2.28. The molecular formula is C25H34N2O5S. The van der Waals surface area contributed by atoms with Gasteiger partial charge in [0, 0.05) is 37.2 Å². The molecule has 7 nitrogen and oxygen atoms in total. The van der Waals surface area contributed by atoms with Crippen molar-refractivity contribution in [1.82, 2.24) is 4.90 Å². The Bertz CT molecular complexity index is 1070. The fraction of sp³-hybridized carbons (Fsp3) is 0.440. The van der Waals surface area contributed by atoms with Gasteiger partial charge in [0.25, 0.3) is 0 Å². The molecule has 2 amide bonds. The molecule has 0 aliphatic rings. The van der Waals surface area contributed by atoms with E-state index in [1.807, 2.05) is 34.6 Å². The number of nitrogens with one attached hydrogen (secondary N) is 1. The van der Waals surface area contributed by atoms with Crippen molar-refractivity contribution in [2.75, 3.05) is 5.32 Å². The maximum absolute atomic E-state index is 13.0. The quantitative estimate of drug-likeness (QED) is 0.518. The molecule has 0 radical (unpaired) electrons. The summed E-state index contributed by atoms with van der Waals surface area (Å²) in [7, 11) is -4.11. The summed E-state index contributed by atoms with van der Waals surface area (Å²) < 4.78 is 31.3.